The molecule has 0 aromatic rings. The number of hydrogen-bond acceptors (Lipinski definition) is 5. The van der Waals surface area contributed by atoms with Gasteiger partial charge in [-0.1, -0.05) is 0 Å². The third kappa shape index (κ3) is 2.48. The Morgan fingerprint density at radius 3 is 1.90 bits per heavy atom. The Bertz CT molecular complexity index is 187. The number of carbonyl (C=O) groups excluding carboxylic acids is 2. The highest BCUT2D eigenvalue weighted by molar-refractivity contribution is 6.70. The second kappa shape index (κ2) is 3.87. The summed E-state index contributed by atoms with van der Waals surface area (Å²) < 4.78 is 11.2. The number of rotatable bonds is 3. The van der Waals surface area contributed by atoms with E-state index < -0.39 is 8.64 Å². The zero-order valence-electron chi connectivity index (χ0n) is 5.62. The van der Waals surface area contributed by atoms with Gasteiger partial charge in [0.1, 0.15) is 0 Å². The van der Waals surface area contributed by atoms with Gasteiger partial charge >= 0.3 is 8.64 Å². The Kier molecular flexibility index (Phi) is 3.46. The first-order chi connectivity index (χ1) is 4.68. The van der Waals surface area contributed by atoms with Crippen LogP contribution in [0.1, 0.15) is 0 Å². The fraction of sp³-hybridized carbons (Fsp3) is 0.500. The van der Waals surface area contributed by atoms with Gasteiger partial charge in [-0.05, 0) is 6.55 Å². The van der Waals surface area contributed by atoms with Crippen LogP contribution in [0.25, 0.3) is 0 Å². The molecule has 0 aliphatic carbocycles. The van der Waals surface area contributed by atoms with Gasteiger partial charge in [-0.2, -0.15) is 9.32 Å². The smallest absolute Gasteiger partial charge is 0.384 e. The van der Waals surface area contributed by atoms with Gasteiger partial charge in [0.05, 0.1) is 0 Å². The summed E-state index contributed by atoms with van der Waals surface area (Å²) in [7, 11) is -1.49. The van der Waals surface area contributed by atoms with Crippen LogP contribution in [0, 0.1) is 0 Å². The van der Waals surface area contributed by atoms with Crippen LogP contribution in [0.5, 0.6) is 0 Å². The zero-order chi connectivity index (χ0) is 8.04. The molecule has 0 aliphatic heterocycles. The van der Waals surface area contributed by atoms with Crippen molar-refractivity contribution < 1.29 is 14.0 Å². The lowest BCUT2D eigenvalue weighted by atomic mass is 11.7. The van der Waals surface area contributed by atoms with Crippen LogP contribution in [0.2, 0.25) is 6.55 Å². The summed E-state index contributed by atoms with van der Waals surface area (Å²) in [6, 6.07) is 0. The lowest BCUT2D eigenvalue weighted by Gasteiger charge is -2.07. The second-order valence-electron chi connectivity index (χ2n) is 1.54. The van der Waals surface area contributed by atoms with Gasteiger partial charge in [-0.3, -0.25) is 0 Å². The molecule has 0 aliphatic rings. The van der Waals surface area contributed by atoms with E-state index in [0.717, 1.165) is 0 Å². The molecule has 10 heavy (non-hydrogen) atoms. The Balaban J connectivity index is 4.52. The van der Waals surface area contributed by atoms with Gasteiger partial charge in [0, 0.05) is 7.11 Å². The van der Waals surface area contributed by atoms with Gasteiger partial charge in [0.15, 0.2) is 0 Å². The van der Waals surface area contributed by atoms with E-state index in [1.54, 1.807) is 0 Å². The quantitative estimate of drug-likeness (QED) is 0.326. The van der Waals surface area contributed by atoms with Crippen molar-refractivity contribution in [3.63, 3.8) is 0 Å². The second-order valence-corrected chi connectivity index (χ2v) is 4.27. The highest BCUT2D eigenvalue weighted by Gasteiger charge is 2.28. The van der Waals surface area contributed by atoms with E-state index >= 15 is 0 Å². The molecule has 0 fully saturated rings. The van der Waals surface area contributed by atoms with Crippen molar-refractivity contribution in [3.8, 4) is 0 Å². The van der Waals surface area contributed by atoms with Crippen molar-refractivity contribution in [1.82, 2.24) is 0 Å². The molecular weight excluding hydrogens is 152 g/mol. The normalized spacial score (nSPS) is 14.2. The monoisotopic (exact) mass is 158 g/mol. The minimum atomic E-state index is -2.82. The fourth-order valence-corrected chi connectivity index (χ4v) is 0.857. The van der Waals surface area contributed by atoms with Crippen LogP contribution in [-0.4, -0.2) is 27.9 Å². The van der Waals surface area contributed by atoms with Gasteiger partial charge in [-0.25, -0.2) is 9.59 Å². The first-order valence-corrected chi connectivity index (χ1v) is 4.72. The third-order valence-corrected chi connectivity index (χ3v) is 2.68. The molecule has 0 aromatic heterocycles. The molecule has 0 radical (unpaired) electrons. The maximum atomic E-state index is 9.73. The molecule has 0 N–H and O–H groups in total. The standard InChI is InChI=1S/C4H6N2O3Si/c1-9-10(2,5-3-7)6-4-8/h1-2H3. The van der Waals surface area contributed by atoms with E-state index in [0.29, 0.717) is 0 Å². The average molecular weight is 158 g/mol. The maximum Gasteiger partial charge on any atom is 0.474 e. The van der Waals surface area contributed by atoms with Crippen LogP contribution >= 0.6 is 0 Å². The molecule has 0 atom stereocenters. The summed E-state index contributed by atoms with van der Waals surface area (Å²) in [5.74, 6) is 0. The third-order valence-electron chi connectivity index (χ3n) is 0.893. The molecule has 0 bridgehead atoms. The van der Waals surface area contributed by atoms with Crippen LogP contribution in [-0.2, 0) is 14.0 Å². The molecular formula is C4H6N2O3Si. The first-order valence-electron chi connectivity index (χ1n) is 2.42. The Morgan fingerprint density at radius 2 is 1.70 bits per heavy atom. The van der Waals surface area contributed by atoms with Gasteiger partial charge < -0.3 is 4.43 Å². The number of isocyanates is 2. The molecule has 5 nitrogen and oxygen atoms in total. The summed E-state index contributed by atoms with van der Waals surface area (Å²) in [5, 5.41) is 0. The van der Waals surface area contributed by atoms with Crippen LogP contribution < -0.4 is 0 Å². The topological polar surface area (TPSA) is 68.1 Å². The van der Waals surface area contributed by atoms with Gasteiger partial charge in [0.2, 0.25) is 12.2 Å². The summed E-state index contributed by atoms with van der Waals surface area (Å²) in [4.78, 5) is 19.5. The molecule has 0 aromatic carbocycles. The lowest BCUT2D eigenvalue weighted by molar-refractivity contribution is 0.400. The minimum Gasteiger partial charge on any atom is -0.384 e. The van der Waals surface area contributed by atoms with Crippen molar-refractivity contribution in [2.24, 2.45) is 9.32 Å². The van der Waals surface area contributed by atoms with E-state index in [1.165, 1.54) is 25.8 Å². The van der Waals surface area contributed by atoms with Crippen LogP contribution in [0.4, 0.5) is 0 Å². The van der Waals surface area contributed by atoms with Gasteiger partial charge in [-0.15, -0.1) is 0 Å². The van der Waals surface area contributed by atoms with E-state index in [9.17, 15) is 9.59 Å². The van der Waals surface area contributed by atoms with Crippen molar-refractivity contribution in [1.29, 1.82) is 0 Å². The lowest BCUT2D eigenvalue weighted by Crippen LogP contribution is -2.28. The van der Waals surface area contributed by atoms with Gasteiger partial charge in [0.25, 0.3) is 0 Å². The number of nitrogens with zero attached hydrogens (tertiary/aromatic N) is 2. The fourth-order valence-electron chi connectivity index (χ4n) is 0.286. The van der Waals surface area contributed by atoms with Crippen LogP contribution in [0.3, 0.4) is 0 Å². The van der Waals surface area contributed by atoms with E-state index in [4.69, 9.17) is 4.43 Å². The summed E-state index contributed by atoms with van der Waals surface area (Å²) in [6.45, 7) is 1.48. The first kappa shape index (κ1) is 8.94. The van der Waals surface area contributed by atoms with E-state index in [-0.39, 0.29) is 0 Å². The van der Waals surface area contributed by atoms with E-state index in [1.807, 2.05) is 0 Å². The Hall–Kier alpha value is -1.06. The largest absolute Gasteiger partial charge is 0.474 e. The molecule has 54 valence electrons. The molecule has 0 saturated carbocycles. The Labute approximate surface area is 58.7 Å². The average Bonchev–Trinajstić information content (AvgIpc) is 1.89. The molecule has 0 saturated heterocycles. The van der Waals surface area contributed by atoms with Crippen molar-refractivity contribution >= 4 is 20.8 Å². The molecule has 0 heterocycles. The summed E-state index contributed by atoms with van der Waals surface area (Å²) in [6.07, 6.45) is 2.57. The van der Waals surface area contributed by atoms with Crippen molar-refractivity contribution in [3.05, 3.63) is 0 Å². The predicted octanol–water partition coefficient (Wildman–Crippen LogP) is -0.127. The van der Waals surface area contributed by atoms with Crippen LogP contribution in [0.15, 0.2) is 9.32 Å². The molecule has 0 rings (SSSR count). The Morgan fingerprint density at radius 1 is 1.30 bits per heavy atom. The molecule has 0 amide bonds. The molecule has 0 spiro atoms. The van der Waals surface area contributed by atoms with Crippen molar-refractivity contribution in [2.75, 3.05) is 7.11 Å². The highest BCUT2D eigenvalue weighted by Crippen LogP contribution is 2.03. The predicted molar refractivity (Wildman–Crippen MR) is 34.9 cm³/mol. The summed E-state index contributed by atoms with van der Waals surface area (Å²) in [5.41, 5.74) is 0. The SMILES string of the molecule is CO[Si](C)(N=C=O)N=C=O. The maximum absolute atomic E-state index is 9.73. The highest BCUT2D eigenvalue weighted by atomic mass is 28.4. The minimum absolute atomic E-state index is 1.28. The van der Waals surface area contributed by atoms with E-state index in [2.05, 4.69) is 9.32 Å². The molecule has 0 unspecified atom stereocenters. The molecule has 6 heteroatoms. The number of hydrogen-bond donors (Lipinski definition) is 0. The van der Waals surface area contributed by atoms with Crippen molar-refractivity contribution in [2.45, 2.75) is 6.55 Å². The zero-order valence-corrected chi connectivity index (χ0v) is 6.62. The summed E-state index contributed by atoms with van der Waals surface area (Å²) >= 11 is 0.